The Kier molecular flexibility index (Phi) is 5.38. The van der Waals surface area contributed by atoms with Crippen molar-refractivity contribution in [1.82, 2.24) is 9.88 Å². The Balaban J connectivity index is 1.75. The maximum absolute atomic E-state index is 13.3. The Hall–Kier alpha value is -3.44. The lowest BCUT2D eigenvalue weighted by atomic mass is 10.0. The minimum absolute atomic E-state index is 0.153. The minimum Gasteiger partial charge on any atom is -0.350 e. The Bertz CT molecular complexity index is 1150. The van der Waals surface area contributed by atoms with Crippen molar-refractivity contribution in [2.75, 3.05) is 5.32 Å². The van der Waals surface area contributed by atoms with Crippen molar-refractivity contribution in [2.24, 2.45) is 0 Å². The highest BCUT2D eigenvalue weighted by Crippen LogP contribution is 2.32. The maximum Gasteiger partial charge on any atom is 0.278 e. The van der Waals surface area contributed by atoms with E-state index in [1.807, 2.05) is 56.3 Å². The molecule has 0 aliphatic carbocycles. The van der Waals surface area contributed by atoms with Crippen LogP contribution in [0, 0.1) is 13.8 Å². The highest BCUT2D eigenvalue weighted by Gasteiger charge is 2.39. The van der Waals surface area contributed by atoms with Crippen LogP contribution in [0.25, 0.3) is 5.57 Å². The molecule has 2 heterocycles. The lowest BCUT2D eigenvalue weighted by Crippen LogP contribution is -2.32. The average molecular weight is 418 g/mol. The summed E-state index contributed by atoms with van der Waals surface area (Å²) >= 11 is 6.25. The van der Waals surface area contributed by atoms with Crippen molar-refractivity contribution in [3.8, 4) is 0 Å². The van der Waals surface area contributed by atoms with E-state index in [0.717, 1.165) is 16.7 Å². The van der Waals surface area contributed by atoms with Crippen molar-refractivity contribution >= 4 is 34.7 Å². The standard InChI is InChI=1S/C24H20ClN3O2/c1-15-5-8-18(9-6-15)21-22(27-19-10-7-16(2)20(25)12-19)24(30)28(23(21)29)14-17-4-3-11-26-13-17/h3-13,27H,14H2,1-2H3. The predicted molar refractivity (Wildman–Crippen MR) is 118 cm³/mol. The number of halogens is 1. The fourth-order valence-corrected chi connectivity index (χ4v) is 3.49. The van der Waals surface area contributed by atoms with E-state index < -0.39 is 0 Å². The molecule has 1 aromatic heterocycles. The molecule has 4 rings (SSSR count). The second-order valence-electron chi connectivity index (χ2n) is 7.26. The Labute approximate surface area is 180 Å². The molecule has 0 unspecified atom stereocenters. The normalized spacial score (nSPS) is 13.9. The number of aryl methyl sites for hydroxylation is 2. The van der Waals surface area contributed by atoms with Crippen LogP contribution in [0.3, 0.4) is 0 Å². The molecule has 5 nitrogen and oxygen atoms in total. The summed E-state index contributed by atoms with van der Waals surface area (Å²) in [6.45, 7) is 4.03. The monoisotopic (exact) mass is 417 g/mol. The minimum atomic E-state index is -0.379. The SMILES string of the molecule is Cc1ccc(C2=C(Nc3ccc(C)c(Cl)c3)C(=O)N(Cc3cccnc3)C2=O)cc1. The van der Waals surface area contributed by atoms with Crippen LogP contribution in [0.4, 0.5) is 5.69 Å². The Morgan fingerprint density at radius 2 is 1.77 bits per heavy atom. The molecule has 0 spiro atoms. The number of nitrogens with zero attached hydrogens (tertiary/aromatic N) is 2. The average Bonchev–Trinajstić information content (AvgIpc) is 2.96. The van der Waals surface area contributed by atoms with Crippen molar-refractivity contribution in [3.63, 3.8) is 0 Å². The molecular formula is C24H20ClN3O2. The number of nitrogens with one attached hydrogen (secondary N) is 1. The zero-order valence-electron chi connectivity index (χ0n) is 16.6. The Morgan fingerprint density at radius 3 is 2.43 bits per heavy atom. The molecule has 150 valence electrons. The van der Waals surface area contributed by atoms with Gasteiger partial charge in [0.25, 0.3) is 11.8 Å². The summed E-state index contributed by atoms with van der Waals surface area (Å²) in [4.78, 5) is 31.9. The predicted octanol–water partition coefficient (Wildman–Crippen LogP) is 4.74. The van der Waals surface area contributed by atoms with Crippen LogP contribution in [-0.2, 0) is 16.1 Å². The molecule has 1 aliphatic heterocycles. The molecule has 6 heteroatoms. The van der Waals surface area contributed by atoms with Crippen LogP contribution in [0.15, 0.2) is 72.7 Å². The fraction of sp³-hybridized carbons (Fsp3) is 0.125. The van der Waals surface area contributed by atoms with E-state index in [1.165, 1.54) is 4.90 Å². The van der Waals surface area contributed by atoms with Gasteiger partial charge in [-0.25, -0.2) is 0 Å². The third kappa shape index (κ3) is 3.84. The molecule has 1 aliphatic rings. The first-order valence-electron chi connectivity index (χ1n) is 9.53. The molecule has 0 atom stereocenters. The summed E-state index contributed by atoms with van der Waals surface area (Å²) in [5.41, 5.74) is 4.71. The molecule has 0 fully saturated rings. The van der Waals surface area contributed by atoms with E-state index in [9.17, 15) is 9.59 Å². The lowest BCUT2D eigenvalue weighted by molar-refractivity contribution is -0.137. The van der Waals surface area contributed by atoms with E-state index in [2.05, 4.69) is 10.3 Å². The number of carbonyl (C=O) groups excluding carboxylic acids is 2. The van der Waals surface area contributed by atoms with Gasteiger partial charge in [0.2, 0.25) is 0 Å². The molecule has 2 amide bonds. The summed E-state index contributed by atoms with van der Waals surface area (Å²) in [5.74, 6) is -0.718. The number of amides is 2. The van der Waals surface area contributed by atoms with Crippen molar-refractivity contribution in [1.29, 1.82) is 0 Å². The number of pyridine rings is 1. The first-order valence-corrected chi connectivity index (χ1v) is 9.91. The highest BCUT2D eigenvalue weighted by atomic mass is 35.5. The lowest BCUT2D eigenvalue weighted by Gasteiger charge is -2.15. The largest absolute Gasteiger partial charge is 0.350 e. The van der Waals surface area contributed by atoms with Gasteiger partial charge in [-0.1, -0.05) is 53.6 Å². The van der Waals surface area contributed by atoms with Crippen LogP contribution in [0.5, 0.6) is 0 Å². The number of benzene rings is 2. The van der Waals surface area contributed by atoms with E-state index >= 15 is 0 Å². The first-order chi connectivity index (χ1) is 14.4. The van der Waals surface area contributed by atoms with Crippen LogP contribution in [0.2, 0.25) is 5.02 Å². The van der Waals surface area contributed by atoms with Crippen LogP contribution in [-0.4, -0.2) is 21.7 Å². The third-order valence-electron chi connectivity index (χ3n) is 5.01. The third-order valence-corrected chi connectivity index (χ3v) is 5.42. The number of carbonyl (C=O) groups is 2. The van der Waals surface area contributed by atoms with Gasteiger partial charge >= 0.3 is 0 Å². The second-order valence-corrected chi connectivity index (χ2v) is 7.67. The van der Waals surface area contributed by atoms with Gasteiger partial charge in [-0.05, 0) is 48.7 Å². The molecule has 0 bridgehead atoms. The molecule has 3 aromatic rings. The van der Waals surface area contributed by atoms with E-state index in [1.54, 1.807) is 24.5 Å². The fourth-order valence-electron chi connectivity index (χ4n) is 3.31. The summed E-state index contributed by atoms with van der Waals surface area (Å²) in [7, 11) is 0. The first kappa shape index (κ1) is 19.9. The van der Waals surface area contributed by atoms with E-state index in [-0.39, 0.29) is 24.1 Å². The molecule has 0 radical (unpaired) electrons. The van der Waals surface area contributed by atoms with Crippen LogP contribution < -0.4 is 5.32 Å². The van der Waals surface area contributed by atoms with Crippen molar-refractivity contribution in [3.05, 3.63) is 100.0 Å². The zero-order chi connectivity index (χ0) is 21.3. The molecule has 2 aromatic carbocycles. The van der Waals surface area contributed by atoms with Gasteiger partial charge in [-0.2, -0.15) is 0 Å². The second kappa shape index (κ2) is 8.13. The van der Waals surface area contributed by atoms with Crippen LogP contribution in [0.1, 0.15) is 22.3 Å². The highest BCUT2D eigenvalue weighted by molar-refractivity contribution is 6.36. The smallest absolute Gasteiger partial charge is 0.278 e. The van der Waals surface area contributed by atoms with Crippen molar-refractivity contribution in [2.45, 2.75) is 20.4 Å². The molecular weight excluding hydrogens is 398 g/mol. The van der Waals surface area contributed by atoms with Gasteiger partial charge in [0.05, 0.1) is 12.1 Å². The summed E-state index contributed by atoms with van der Waals surface area (Å²) in [6.07, 6.45) is 3.30. The van der Waals surface area contributed by atoms with E-state index in [0.29, 0.717) is 21.8 Å². The quantitative estimate of drug-likeness (QED) is 0.609. The number of anilines is 1. The molecule has 30 heavy (non-hydrogen) atoms. The van der Waals surface area contributed by atoms with Gasteiger partial charge in [0.1, 0.15) is 5.70 Å². The number of hydrogen-bond donors (Lipinski definition) is 1. The zero-order valence-corrected chi connectivity index (χ0v) is 17.4. The number of rotatable bonds is 5. The van der Waals surface area contributed by atoms with Gasteiger partial charge in [-0.15, -0.1) is 0 Å². The van der Waals surface area contributed by atoms with Gasteiger partial charge < -0.3 is 5.32 Å². The number of hydrogen-bond acceptors (Lipinski definition) is 4. The number of imide groups is 1. The summed E-state index contributed by atoms with van der Waals surface area (Å²) < 4.78 is 0. The molecule has 1 N–H and O–H groups in total. The number of aromatic nitrogens is 1. The van der Waals surface area contributed by atoms with Crippen LogP contribution >= 0.6 is 11.6 Å². The maximum atomic E-state index is 13.3. The molecule has 0 saturated carbocycles. The van der Waals surface area contributed by atoms with Gasteiger partial charge in [-0.3, -0.25) is 19.5 Å². The van der Waals surface area contributed by atoms with Crippen molar-refractivity contribution < 1.29 is 9.59 Å². The topological polar surface area (TPSA) is 62.3 Å². The summed E-state index contributed by atoms with van der Waals surface area (Å²) in [5, 5.41) is 3.72. The molecule has 0 saturated heterocycles. The van der Waals surface area contributed by atoms with Gasteiger partial charge in [0.15, 0.2) is 0 Å². The van der Waals surface area contributed by atoms with E-state index in [4.69, 9.17) is 11.6 Å². The summed E-state index contributed by atoms with van der Waals surface area (Å²) in [6, 6.07) is 16.6. The van der Waals surface area contributed by atoms with Gasteiger partial charge in [0, 0.05) is 23.1 Å². The Morgan fingerprint density at radius 1 is 1.00 bits per heavy atom.